The minimum absolute atomic E-state index is 0. The topological polar surface area (TPSA) is 57.7 Å². The number of ether oxygens (including phenoxy) is 1. The molecular weight excluding hydrogens is 415 g/mol. The first-order valence-corrected chi connectivity index (χ1v) is 8.23. The molecule has 0 aliphatic carbocycles. The van der Waals surface area contributed by atoms with E-state index in [9.17, 15) is 0 Å². The van der Waals surface area contributed by atoms with Crippen molar-refractivity contribution in [2.75, 3.05) is 26.7 Å². The van der Waals surface area contributed by atoms with Gasteiger partial charge in [-0.1, -0.05) is 18.2 Å². The van der Waals surface area contributed by atoms with Gasteiger partial charge in [-0.3, -0.25) is 4.99 Å². The van der Waals surface area contributed by atoms with Gasteiger partial charge in [0.25, 0.3) is 0 Å². The first-order chi connectivity index (χ1) is 10.8. The molecular formula is C18H33IN4O. The van der Waals surface area contributed by atoms with Crippen LogP contribution in [0, 0.1) is 6.92 Å². The van der Waals surface area contributed by atoms with Gasteiger partial charge in [-0.05, 0) is 46.2 Å². The monoisotopic (exact) mass is 448 g/mol. The third-order valence-corrected chi connectivity index (χ3v) is 3.28. The third-order valence-electron chi connectivity index (χ3n) is 3.28. The van der Waals surface area contributed by atoms with E-state index in [0.29, 0.717) is 6.54 Å². The number of para-hydroxylation sites is 1. The normalized spacial score (nSPS) is 13.0. The predicted octanol–water partition coefficient (Wildman–Crippen LogP) is 2.93. The molecule has 1 atom stereocenters. The fourth-order valence-electron chi connectivity index (χ4n) is 2.03. The zero-order valence-electron chi connectivity index (χ0n) is 15.8. The zero-order chi connectivity index (χ0) is 17.3. The van der Waals surface area contributed by atoms with Crippen molar-refractivity contribution >= 4 is 29.9 Å². The summed E-state index contributed by atoms with van der Waals surface area (Å²) in [5.41, 5.74) is 1.28. The summed E-state index contributed by atoms with van der Waals surface area (Å²) in [4.78, 5) is 4.23. The van der Waals surface area contributed by atoms with Crippen molar-refractivity contribution in [2.24, 2.45) is 4.99 Å². The summed E-state index contributed by atoms with van der Waals surface area (Å²) in [6.45, 7) is 13.0. The predicted molar refractivity (Wildman–Crippen MR) is 114 cm³/mol. The maximum Gasteiger partial charge on any atom is 0.191 e. The lowest BCUT2D eigenvalue weighted by Crippen LogP contribution is -2.46. The molecule has 0 aliphatic rings. The molecule has 1 aromatic rings. The van der Waals surface area contributed by atoms with Gasteiger partial charge >= 0.3 is 0 Å². The van der Waals surface area contributed by atoms with Crippen molar-refractivity contribution < 1.29 is 4.74 Å². The van der Waals surface area contributed by atoms with Crippen LogP contribution in [0.5, 0.6) is 5.75 Å². The first-order valence-electron chi connectivity index (χ1n) is 8.23. The third kappa shape index (κ3) is 9.97. The molecule has 1 unspecified atom stereocenters. The van der Waals surface area contributed by atoms with E-state index < -0.39 is 0 Å². The molecule has 5 nitrogen and oxygen atoms in total. The molecule has 0 aromatic heterocycles. The van der Waals surface area contributed by atoms with Crippen molar-refractivity contribution in [1.29, 1.82) is 0 Å². The number of nitrogens with one attached hydrogen (secondary N) is 3. The summed E-state index contributed by atoms with van der Waals surface area (Å²) in [6, 6.07) is 8.06. The Labute approximate surface area is 164 Å². The quantitative estimate of drug-likeness (QED) is 0.260. The van der Waals surface area contributed by atoms with Crippen LogP contribution in [0.2, 0.25) is 0 Å². The van der Waals surface area contributed by atoms with Crippen molar-refractivity contribution in [3.8, 4) is 5.75 Å². The lowest BCUT2D eigenvalue weighted by Gasteiger charge is -2.22. The number of aliphatic imine (C=N–C) groups is 1. The number of nitrogens with zero attached hydrogens (tertiary/aromatic N) is 1. The number of benzene rings is 1. The summed E-state index contributed by atoms with van der Waals surface area (Å²) < 4.78 is 5.95. The van der Waals surface area contributed by atoms with Crippen LogP contribution in [0.3, 0.4) is 0 Å². The minimum atomic E-state index is 0. The molecule has 0 heterocycles. The Bertz CT molecular complexity index is 500. The Morgan fingerprint density at radius 2 is 1.83 bits per heavy atom. The van der Waals surface area contributed by atoms with Gasteiger partial charge in [-0.15, -0.1) is 24.0 Å². The van der Waals surface area contributed by atoms with Crippen molar-refractivity contribution in [3.05, 3.63) is 29.8 Å². The van der Waals surface area contributed by atoms with Gasteiger partial charge in [0.2, 0.25) is 0 Å². The van der Waals surface area contributed by atoms with E-state index in [4.69, 9.17) is 4.74 Å². The van der Waals surface area contributed by atoms with Crippen LogP contribution < -0.4 is 20.7 Å². The average Bonchev–Trinajstić information content (AvgIpc) is 2.48. The van der Waals surface area contributed by atoms with E-state index in [1.54, 1.807) is 7.05 Å². The van der Waals surface area contributed by atoms with E-state index in [2.05, 4.69) is 54.7 Å². The second kappa shape index (κ2) is 11.5. The van der Waals surface area contributed by atoms with E-state index in [1.165, 1.54) is 0 Å². The number of aryl methyl sites for hydroxylation is 1. The van der Waals surface area contributed by atoms with E-state index >= 15 is 0 Å². The molecule has 0 radical (unpaired) electrons. The molecule has 1 aromatic carbocycles. The number of rotatable bonds is 7. The van der Waals surface area contributed by atoms with Crippen LogP contribution in [0.25, 0.3) is 0 Å². The molecule has 6 heteroatoms. The molecule has 0 amide bonds. The molecule has 138 valence electrons. The fourth-order valence-corrected chi connectivity index (χ4v) is 2.03. The lowest BCUT2D eigenvalue weighted by molar-refractivity contribution is 0.222. The molecule has 0 spiro atoms. The van der Waals surface area contributed by atoms with Gasteiger partial charge in [0.1, 0.15) is 11.9 Å². The number of guanidine groups is 1. The van der Waals surface area contributed by atoms with Gasteiger partial charge in [0.05, 0.1) is 6.54 Å². The zero-order valence-corrected chi connectivity index (χ0v) is 18.1. The van der Waals surface area contributed by atoms with Gasteiger partial charge in [-0.25, -0.2) is 0 Å². The summed E-state index contributed by atoms with van der Waals surface area (Å²) in [5, 5.41) is 10.0. The Balaban J connectivity index is 0.00000529. The van der Waals surface area contributed by atoms with Gasteiger partial charge in [-0.2, -0.15) is 0 Å². The summed E-state index contributed by atoms with van der Waals surface area (Å²) in [5.74, 6) is 1.72. The van der Waals surface area contributed by atoms with Crippen LogP contribution in [0.4, 0.5) is 0 Å². The van der Waals surface area contributed by atoms with E-state index in [1.807, 2.05) is 25.1 Å². The average molecular weight is 448 g/mol. The molecule has 0 saturated carbocycles. The van der Waals surface area contributed by atoms with Gasteiger partial charge in [0, 0.05) is 25.7 Å². The highest BCUT2D eigenvalue weighted by Gasteiger charge is 2.09. The van der Waals surface area contributed by atoms with Crippen molar-refractivity contribution in [3.63, 3.8) is 0 Å². The van der Waals surface area contributed by atoms with Crippen LogP contribution >= 0.6 is 24.0 Å². The largest absolute Gasteiger partial charge is 0.489 e. The first kappa shape index (κ1) is 23.0. The Morgan fingerprint density at radius 1 is 1.17 bits per heavy atom. The Morgan fingerprint density at radius 3 is 2.42 bits per heavy atom. The fraction of sp³-hybridized carbons (Fsp3) is 0.611. The molecule has 1 rings (SSSR count). The number of halogens is 1. The lowest BCUT2D eigenvalue weighted by atomic mass is 10.1. The second-order valence-electron chi connectivity index (χ2n) is 6.75. The Kier molecular flexibility index (Phi) is 11.0. The van der Waals surface area contributed by atoms with Gasteiger partial charge in [0.15, 0.2) is 5.96 Å². The highest BCUT2D eigenvalue weighted by atomic mass is 127. The van der Waals surface area contributed by atoms with Crippen LogP contribution in [-0.4, -0.2) is 44.3 Å². The smallest absolute Gasteiger partial charge is 0.191 e. The number of hydrogen-bond acceptors (Lipinski definition) is 3. The molecule has 0 saturated heterocycles. The summed E-state index contributed by atoms with van der Waals surface area (Å²) >= 11 is 0. The standard InChI is InChI=1S/C18H32N4O.HI/c1-14-9-7-8-10-16(14)23-15(2)13-21-17(19-6)20-11-12-22-18(3,4)5;/h7-10,15,22H,11-13H2,1-6H3,(H2,19,20,21);1H. The second-order valence-corrected chi connectivity index (χ2v) is 6.75. The minimum Gasteiger partial charge on any atom is -0.489 e. The molecule has 0 aliphatic heterocycles. The molecule has 24 heavy (non-hydrogen) atoms. The highest BCUT2D eigenvalue weighted by Crippen LogP contribution is 2.17. The van der Waals surface area contributed by atoms with Crippen molar-refractivity contribution in [1.82, 2.24) is 16.0 Å². The van der Waals surface area contributed by atoms with E-state index in [-0.39, 0.29) is 35.6 Å². The van der Waals surface area contributed by atoms with Crippen LogP contribution in [-0.2, 0) is 0 Å². The molecule has 3 N–H and O–H groups in total. The summed E-state index contributed by atoms with van der Waals surface area (Å²) in [6.07, 6.45) is 0.0577. The Hall–Kier alpha value is -1.02. The van der Waals surface area contributed by atoms with Gasteiger partial charge < -0.3 is 20.7 Å². The molecule has 0 bridgehead atoms. The SMILES string of the molecule is CN=C(NCCNC(C)(C)C)NCC(C)Oc1ccccc1C.I. The van der Waals surface area contributed by atoms with E-state index in [0.717, 1.165) is 30.4 Å². The number of hydrogen-bond donors (Lipinski definition) is 3. The summed E-state index contributed by atoms with van der Waals surface area (Å²) in [7, 11) is 1.78. The molecule has 0 fully saturated rings. The van der Waals surface area contributed by atoms with Crippen LogP contribution in [0.1, 0.15) is 33.3 Å². The maximum atomic E-state index is 5.95. The van der Waals surface area contributed by atoms with Crippen LogP contribution in [0.15, 0.2) is 29.3 Å². The highest BCUT2D eigenvalue weighted by molar-refractivity contribution is 14.0. The maximum absolute atomic E-state index is 5.95. The van der Waals surface area contributed by atoms with Crippen molar-refractivity contribution in [2.45, 2.75) is 46.3 Å².